The smallest absolute Gasteiger partial charge is 0.222 e. The van der Waals surface area contributed by atoms with Crippen molar-refractivity contribution in [1.82, 2.24) is 15.0 Å². The van der Waals surface area contributed by atoms with Gasteiger partial charge in [0.15, 0.2) is 5.82 Å². The zero-order chi connectivity index (χ0) is 19.5. The van der Waals surface area contributed by atoms with Crippen LogP contribution in [0.5, 0.6) is 0 Å². The van der Waals surface area contributed by atoms with Gasteiger partial charge in [-0.2, -0.15) is 0 Å². The second-order valence-corrected chi connectivity index (χ2v) is 8.85. The molecule has 3 saturated carbocycles. The van der Waals surface area contributed by atoms with Crippen LogP contribution < -0.4 is 5.32 Å². The number of aromatic nitrogens is 3. The molecular formula is C20H16ClFN4OS. The Bertz CT molecular complexity index is 1100. The second-order valence-electron chi connectivity index (χ2n) is 7.51. The fourth-order valence-corrected chi connectivity index (χ4v) is 5.52. The fraction of sp³-hybridized carbons (Fsp3) is 0.300. The third-order valence-corrected chi connectivity index (χ3v) is 7.05. The van der Waals surface area contributed by atoms with E-state index in [4.69, 9.17) is 16.6 Å². The molecule has 1 amide bonds. The molecule has 0 atom stereocenters. The first-order valence-corrected chi connectivity index (χ1v) is 10.2. The summed E-state index contributed by atoms with van der Waals surface area (Å²) in [5, 5.41) is 3.70. The van der Waals surface area contributed by atoms with Crippen molar-refractivity contribution in [2.24, 2.45) is 5.92 Å². The first-order chi connectivity index (χ1) is 13.4. The number of hydrogen-bond donors (Lipinski definition) is 1. The third kappa shape index (κ3) is 2.72. The van der Waals surface area contributed by atoms with E-state index in [2.05, 4.69) is 15.3 Å². The van der Waals surface area contributed by atoms with Gasteiger partial charge in [0.2, 0.25) is 11.2 Å². The Morgan fingerprint density at radius 1 is 1.29 bits per heavy atom. The Labute approximate surface area is 170 Å². The highest BCUT2D eigenvalue weighted by molar-refractivity contribution is 7.15. The highest BCUT2D eigenvalue weighted by atomic mass is 35.5. The number of amides is 1. The lowest BCUT2D eigenvalue weighted by atomic mass is 9.45. The summed E-state index contributed by atoms with van der Waals surface area (Å²) in [7, 11) is 0. The molecule has 3 fully saturated rings. The van der Waals surface area contributed by atoms with Crippen molar-refractivity contribution in [3.8, 4) is 21.8 Å². The van der Waals surface area contributed by atoms with E-state index in [1.165, 1.54) is 13.0 Å². The molecule has 5 nitrogen and oxygen atoms in total. The van der Waals surface area contributed by atoms with Gasteiger partial charge in [0.05, 0.1) is 22.0 Å². The summed E-state index contributed by atoms with van der Waals surface area (Å²) in [6.45, 7) is 1.35. The van der Waals surface area contributed by atoms with E-state index in [0.29, 0.717) is 17.0 Å². The summed E-state index contributed by atoms with van der Waals surface area (Å²) in [5.41, 5.74) is 1.77. The maximum absolute atomic E-state index is 15.2. The summed E-state index contributed by atoms with van der Waals surface area (Å²) >= 11 is 7.54. The van der Waals surface area contributed by atoms with Crippen LogP contribution in [0, 0.1) is 11.7 Å². The van der Waals surface area contributed by atoms with Gasteiger partial charge in [0.25, 0.3) is 0 Å². The molecule has 6 rings (SSSR count). The lowest BCUT2D eigenvalue weighted by molar-refractivity contribution is -0.114. The highest BCUT2D eigenvalue weighted by Crippen LogP contribution is 2.66. The number of anilines is 1. The summed E-state index contributed by atoms with van der Waals surface area (Å²) in [6.07, 6.45) is 5.04. The number of carbonyl (C=O) groups excluding carboxylic acids is 1. The van der Waals surface area contributed by atoms with Gasteiger partial charge in [-0.25, -0.2) is 19.3 Å². The number of rotatable bonds is 4. The summed E-state index contributed by atoms with van der Waals surface area (Å²) in [4.78, 5) is 25.3. The summed E-state index contributed by atoms with van der Waals surface area (Å²) in [5.74, 6) is -0.0237. The maximum atomic E-state index is 15.2. The molecule has 8 heteroatoms. The van der Waals surface area contributed by atoms with E-state index in [1.807, 2.05) is 0 Å². The van der Waals surface area contributed by atoms with Gasteiger partial charge in [0, 0.05) is 24.1 Å². The molecule has 0 radical (unpaired) electrons. The van der Waals surface area contributed by atoms with Crippen LogP contribution in [0.2, 0.25) is 5.28 Å². The Morgan fingerprint density at radius 3 is 2.71 bits per heavy atom. The van der Waals surface area contributed by atoms with Gasteiger partial charge in [0.1, 0.15) is 5.01 Å². The predicted octanol–water partition coefficient (Wildman–Crippen LogP) is 5.07. The van der Waals surface area contributed by atoms with Crippen LogP contribution >= 0.6 is 22.9 Å². The van der Waals surface area contributed by atoms with Crippen molar-refractivity contribution in [2.75, 3.05) is 5.32 Å². The second kappa shape index (κ2) is 6.32. The minimum absolute atomic E-state index is 0.136. The largest absolute Gasteiger partial charge is 0.324 e. The van der Waals surface area contributed by atoms with E-state index in [1.54, 1.807) is 35.7 Å². The van der Waals surface area contributed by atoms with Crippen LogP contribution in [0.4, 0.5) is 10.1 Å². The maximum Gasteiger partial charge on any atom is 0.222 e. The van der Waals surface area contributed by atoms with E-state index in [0.717, 1.165) is 35.1 Å². The fourth-order valence-electron chi connectivity index (χ4n) is 4.11. The van der Waals surface area contributed by atoms with Gasteiger partial charge in [-0.3, -0.25) is 4.79 Å². The van der Waals surface area contributed by atoms with Crippen molar-refractivity contribution < 1.29 is 9.18 Å². The van der Waals surface area contributed by atoms with E-state index < -0.39 is 5.82 Å². The number of hydrogen-bond acceptors (Lipinski definition) is 5. The van der Waals surface area contributed by atoms with Crippen molar-refractivity contribution in [1.29, 1.82) is 0 Å². The third-order valence-electron chi connectivity index (χ3n) is 5.54. The molecule has 3 aliphatic carbocycles. The zero-order valence-electron chi connectivity index (χ0n) is 15.0. The first-order valence-electron chi connectivity index (χ1n) is 9.02. The number of halogens is 2. The molecule has 1 N–H and O–H groups in total. The van der Waals surface area contributed by atoms with E-state index in [9.17, 15) is 4.79 Å². The number of benzene rings is 1. The Balaban J connectivity index is 1.67. The quantitative estimate of drug-likeness (QED) is 0.605. The normalized spacial score (nSPS) is 22.3. The molecular weight excluding hydrogens is 399 g/mol. The monoisotopic (exact) mass is 414 g/mol. The Hall–Kier alpha value is -2.38. The van der Waals surface area contributed by atoms with Crippen molar-refractivity contribution in [2.45, 2.75) is 31.6 Å². The molecule has 2 bridgehead atoms. The van der Waals surface area contributed by atoms with Gasteiger partial charge in [-0.05, 0) is 55.0 Å². The highest BCUT2D eigenvalue weighted by Gasteiger charge is 2.59. The molecule has 2 heterocycles. The molecule has 0 spiro atoms. The van der Waals surface area contributed by atoms with Gasteiger partial charge in [-0.1, -0.05) is 6.07 Å². The van der Waals surface area contributed by atoms with Crippen LogP contribution in [0.3, 0.4) is 0 Å². The average Bonchev–Trinajstić information content (AvgIpc) is 2.98. The summed E-state index contributed by atoms with van der Waals surface area (Å²) < 4.78 is 15.2. The first kappa shape index (κ1) is 17.7. The topological polar surface area (TPSA) is 67.8 Å². The van der Waals surface area contributed by atoms with Crippen LogP contribution in [0.1, 0.15) is 31.2 Å². The molecule has 0 aliphatic heterocycles. The molecule has 0 saturated heterocycles. The van der Waals surface area contributed by atoms with Crippen LogP contribution in [-0.2, 0) is 10.2 Å². The van der Waals surface area contributed by atoms with Gasteiger partial charge >= 0.3 is 0 Å². The van der Waals surface area contributed by atoms with Crippen molar-refractivity contribution in [3.05, 3.63) is 46.6 Å². The molecule has 0 unspecified atom stereocenters. The Morgan fingerprint density at radius 2 is 2.07 bits per heavy atom. The zero-order valence-corrected chi connectivity index (χ0v) is 16.6. The minimum atomic E-state index is -0.506. The van der Waals surface area contributed by atoms with Crippen molar-refractivity contribution in [3.63, 3.8) is 0 Å². The number of thiazole rings is 1. The van der Waals surface area contributed by atoms with Crippen LogP contribution in [0.25, 0.3) is 21.8 Å². The standard InChI is InChI=1S/C20H16ClFN4OS/c1-10(27)24-13-4-2-3-12(15(13)22)16-17(14-5-6-23-19(21)25-14)28-18(26-16)20-7-11(8-20)9-20/h2-6,11H,7-9H2,1H3,(H,24,27). The van der Waals surface area contributed by atoms with Gasteiger partial charge < -0.3 is 5.32 Å². The molecule has 3 aliphatic rings. The van der Waals surface area contributed by atoms with Crippen LogP contribution in [-0.4, -0.2) is 20.9 Å². The molecule has 3 aromatic rings. The van der Waals surface area contributed by atoms with E-state index >= 15 is 4.39 Å². The minimum Gasteiger partial charge on any atom is -0.324 e. The molecule has 1 aromatic carbocycles. The molecule has 28 heavy (non-hydrogen) atoms. The van der Waals surface area contributed by atoms with E-state index in [-0.39, 0.29) is 22.3 Å². The average molecular weight is 415 g/mol. The number of nitrogens with one attached hydrogen (secondary N) is 1. The number of carbonyl (C=O) groups is 1. The van der Waals surface area contributed by atoms with Crippen LogP contribution in [0.15, 0.2) is 30.5 Å². The van der Waals surface area contributed by atoms with Gasteiger partial charge in [-0.15, -0.1) is 11.3 Å². The Kier molecular flexibility index (Phi) is 4.00. The molecule has 2 aromatic heterocycles. The van der Waals surface area contributed by atoms with Crippen molar-refractivity contribution >= 4 is 34.5 Å². The lowest BCUT2D eigenvalue weighted by Crippen LogP contribution is -2.55. The number of nitrogens with zero attached hydrogens (tertiary/aromatic N) is 3. The SMILES string of the molecule is CC(=O)Nc1cccc(-c2nc(C34CC(C3)C4)sc2-c2ccnc(Cl)n2)c1F. The lowest BCUT2D eigenvalue weighted by Gasteiger charge is -2.60. The predicted molar refractivity (Wildman–Crippen MR) is 107 cm³/mol. The molecule has 142 valence electrons. The summed E-state index contributed by atoms with van der Waals surface area (Å²) in [6, 6.07) is 6.68.